The lowest BCUT2D eigenvalue weighted by molar-refractivity contribution is -0.113. The van der Waals surface area contributed by atoms with E-state index in [2.05, 4.69) is 36.2 Å². The average molecular weight is 464 g/mol. The molecule has 0 unspecified atom stereocenters. The van der Waals surface area contributed by atoms with Gasteiger partial charge in [-0.2, -0.15) is 0 Å². The number of carbonyl (C=O) groups excluding carboxylic acids is 1. The van der Waals surface area contributed by atoms with Crippen molar-refractivity contribution in [1.29, 1.82) is 0 Å². The number of amides is 1. The van der Waals surface area contributed by atoms with Crippen molar-refractivity contribution in [3.05, 3.63) is 45.4 Å². The molecule has 3 heterocycles. The van der Waals surface area contributed by atoms with Crippen molar-refractivity contribution in [2.75, 3.05) is 17.7 Å². The van der Waals surface area contributed by atoms with Crippen LogP contribution in [0.4, 0.5) is 5.69 Å². The van der Waals surface area contributed by atoms with Crippen molar-refractivity contribution in [1.82, 2.24) is 19.5 Å². The minimum atomic E-state index is -0.294. The summed E-state index contributed by atoms with van der Waals surface area (Å²) < 4.78 is 8.54. The maximum atomic E-state index is 12.3. The summed E-state index contributed by atoms with van der Waals surface area (Å²) in [4.78, 5) is 35.7. The molecule has 0 spiro atoms. The Kier molecular flexibility index (Phi) is 5.79. The van der Waals surface area contributed by atoms with Crippen LogP contribution < -0.4 is 10.9 Å². The van der Waals surface area contributed by atoms with Crippen molar-refractivity contribution in [2.24, 2.45) is 0 Å². The van der Waals surface area contributed by atoms with Crippen LogP contribution in [0.2, 0.25) is 0 Å². The minimum absolute atomic E-state index is 0.0643. The number of H-pyrrole nitrogens is 1. The summed E-state index contributed by atoms with van der Waals surface area (Å²) >= 11 is 4.64. The molecule has 1 amide bonds. The second kappa shape index (κ2) is 8.46. The van der Waals surface area contributed by atoms with Crippen LogP contribution in [0.5, 0.6) is 0 Å². The first kappa shape index (κ1) is 19.2. The van der Waals surface area contributed by atoms with Gasteiger partial charge in [-0.25, -0.2) is 9.97 Å². The Morgan fingerprint density at radius 3 is 2.96 bits per heavy atom. The number of hydrogen-bond donors (Lipinski definition) is 2. The fraction of sp³-hybridized carbons (Fsp3) is 0.333. The normalized spacial score (nSPS) is 16.5. The van der Waals surface area contributed by atoms with E-state index in [4.69, 9.17) is 4.74 Å². The van der Waals surface area contributed by atoms with Gasteiger partial charge in [-0.1, -0.05) is 27.7 Å². The van der Waals surface area contributed by atoms with Gasteiger partial charge in [0.15, 0.2) is 16.3 Å². The second-order valence-electron chi connectivity index (χ2n) is 6.39. The molecule has 2 aromatic heterocycles. The van der Waals surface area contributed by atoms with Crippen LogP contribution in [-0.4, -0.2) is 43.9 Å². The summed E-state index contributed by atoms with van der Waals surface area (Å²) in [7, 11) is 0. The first-order valence-electron chi connectivity index (χ1n) is 8.84. The Labute approximate surface area is 173 Å². The van der Waals surface area contributed by atoms with Crippen molar-refractivity contribution >= 4 is 50.5 Å². The molecule has 8 nitrogen and oxygen atoms in total. The Hall–Kier alpha value is -2.17. The number of halogens is 1. The lowest BCUT2D eigenvalue weighted by Gasteiger charge is -2.13. The van der Waals surface area contributed by atoms with E-state index in [0.717, 1.165) is 29.6 Å². The average Bonchev–Trinajstić information content (AvgIpc) is 3.32. The van der Waals surface area contributed by atoms with Gasteiger partial charge in [0.2, 0.25) is 5.91 Å². The van der Waals surface area contributed by atoms with E-state index < -0.39 is 0 Å². The zero-order valence-electron chi connectivity index (χ0n) is 14.9. The zero-order valence-corrected chi connectivity index (χ0v) is 17.3. The third kappa shape index (κ3) is 4.29. The van der Waals surface area contributed by atoms with Crippen molar-refractivity contribution < 1.29 is 9.53 Å². The monoisotopic (exact) mass is 463 g/mol. The summed E-state index contributed by atoms with van der Waals surface area (Å²) in [6, 6.07) is 7.37. The number of thioether (sulfide) groups is 1. The number of ether oxygens (including phenoxy) is 1. The number of hydrogen-bond acceptors (Lipinski definition) is 6. The molecule has 3 aromatic rings. The van der Waals surface area contributed by atoms with Gasteiger partial charge < -0.3 is 19.6 Å². The molecule has 1 saturated heterocycles. The number of anilines is 1. The Morgan fingerprint density at radius 1 is 1.39 bits per heavy atom. The van der Waals surface area contributed by atoms with Gasteiger partial charge in [0.1, 0.15) is 0 Å². The summed E-state index contributed by atoms with van der Waals surface area (Å²) in [5, 5.41) is 3.44. The maximum Gasteiger partial charge on any atom is 0.278 e. The molecule has 0 bridgehead atoms. The predicted molar refractivity (Wildman–Crippen MR) is 111 cm³/mol. The van der Waals surface area contributed by atoms with Gasteiger partial charge in [0.05, 0.1) is 24.7 Å². The van der Waals surface area contributed by atoms with E-state index in [-0.39, 0.29) is 28.8 Å². The van der Waals surface area contributed by atoms with Crippen LogP contribution in [0.1, 0.15) is 12.8 Å². The summed E-state index contributed by atoms with van der Waals surface area (Å²) in [6.07, 6.45) is 3.41. The molecule has 0 aliphatic carbocycles. The quantitative estimate of drug-likeness (QED) is 0.544. The van der Waals surface area contributed by atoms with E-state index in [0.29, 0.717) is 17.3 Å². The molecule has 28 heavy (non-hydrogen) atoms. The highest BCUT2D eigenvalue weighted by atomic mass is 79.9. The highest BCUT2D eigenvalue weighted by molar-refractivity contribution is 9.10. The molecule has 1 atom stereocenters. The van der Waals surface area contributed by atoms with Crippen molar-refractivity contribution in [3.63, 3.8) is 0 Å². The molecule has 1 aromatic carbocycles. The molecular formula is C18H18BrN5O3S. The van der Waals surface area contributed by atoms with Gasteiger partial charge in [0.25, 0.3) is 5.56 Å². The number of benzene rings is 1. The van der Waals surface area contributed by atoms with Gasteiger partial charge in [-0.3, -0.25) is 9.59 Å². The number of fused-ring (bicyclic) bond motifs is 1. The van der Waals surface area contributed by atoms with E-state index in [9.17, 15) is 9.59 Å². The van der Waals surface area contributed by atoms with Gasteiger partial charge in [0, 0.05) is 16.8 Å². The van der Waals surface area contributed by atoms with Crippen LogP contribution in [0.3, 0.4) is 0 Å². The fourth-order valence-electron chi connectivity index (χ4n) is 3.06. The van der Waals surface area contributed by atoms with E-state index in [1.807, 2.05) is 28.8 Å². The molecular weight excluding hydrogens is 446 g/mol. The third-order valence-electron chi connectivity index (χ3n) is 4.37. The minimum Gasteiger partial charge on any atom is -0.376 e. The lowest BCUT2D eigenvalue weighted by atomic mass is 10.2. The molecule has 4 rings (SSSR count). The maximum absolute atomic E-state index is 12.3. The number of nitrogens with zero attached hydrogens (tertiary/aromatic N) is 3. The number of nitrogens with one attached hydrogen (secondary N) is 2. The summed E-state index contributed by atoms with van der Waals surface area (Å²) in [5.41, 5.74) is 1.21. The standard InChI is InChI=1S/C18H18BrN5O3S/c19-11-3-5-12(6-4-11)22-14(25)9-28-18-23-15-16(20-10-21-17(15)26)24(18)8-13-2-1-7-27-13/h3-6,10,13H,1-2,7-9H2,(H,22,25)(H,20,21,26)/t13-/m0/s1. The molecule has 1 aliphatic rings. The molecule has 1 fully saturated rings. The van der Waals surface area contributed by atoms with Gasteiger partial charge in [-0.15, -0.1) is 0 Å². The molecule has 1 aliphatic heterocycles. The SMILES string of the molecule is O=C(CSc1nc2c(=O)[nH]cnc2n1C[C@@H]1CCCO1)Nc1ccc(Br)cc1. The Balaban J connectivity index is 1.52. The van der Waals surface area contributed by atoms with Crippen molar-refractivity contribution in [3.8, 4) is 0 Å². The Bertz CT molecular complexity index is 1040. The second-order valence-corrected chi connectivity index (χ2v) is 8.25. The first-order chi connectivity index (χ1) is 13.6. The number of aromatic nitrogens is 4. The number of aromatic amines is 1. The number of carbonyl (C=O) groups is 1. The third-order valence-corrected chi connectivity index (χ3v) is 5.88. The fourth-order valence-corrected chi connectivity index (χ4v) is 4.12. The van der Waals surface area contributed by atoms with E-state index in [1.54, 1.807) is 0 Å². The molecule has 146 valence electrons. The largest absolute Gasteiger partial charge is 0.376 e. The van der Waals surface area contributed by atoms with Gasteiger partial charge in [-0.05, 0) is 37.1 Å². The van der Waals surface area contributed by atoms with Crippen LogP contribution in [0, 0.1) is 0 Å². The number of imidazole rings is 1. The Morgan fingerprint density at radius 2 is 2.21 bits per heavy atom. The van der Waals surface area contributed by atoms with E-state index >= 15 is 0 Å². The molecule has 10 heteroatoms. The molecule has 0 radical (unpaired) electrons. The van der Waals surface area contributed by atoms with E-state index in [1.165, 1.54) is 18.1 Å². The predicted octanol–water partition coefficient (Wildman–Crippen LogP) is 2.79. The molecule has 0 saturated carbocycles. The zero-order chi connectivity index (χ0) is 19.5. The summed E-state index contributed by atoms with van der Waals surface area (Å²) in [5.74, 6) is 0.0212. The van der Waals surface area contributed by atoms with Gasteiger partial charge >= 0.3 is 0 Å². The highest BCUT2D eigenvalue weighted by Crippen LogP contribution is 2.24. The van der Waals surface area contributed by atoms with Crippen LogP contribution in [0.25, 0.3) is 11.2 Å². The van der Waals surface area contributed by atoms with Crippen LogP contribution >= 0.6 is 27.7 Å². The number of rotatable bonds is 6. The molecule has 2 N–H and O–H groups in total. The summed E-state index contributed by atoms with van der Waals surface area (Å²) in [6.45, 7) is 1.30. The van der Waals surface area contributed by atoms with Crippen LogP contribution in [0.15, 0.2) is 45.0 Å². The van der Waals surface area contributed by atoms with Crippen LogP contribution in [-0.2, 0) is 16.1 Å². The van der Waals surface area contributed by atoms with Crippen molar-refractivity contribution in [2.45, 2.75) is 30.6 Å². The smallest absolute Gasteiger partial charge is 0.278 e. The lowest BCUT2D eigenvalue weighted by Crippen LogP contribution is -2.18. The first-order valence-corrected chi connectivity index (χ1v) is 10.6. The topological polar surface area (TPSA) is 102 Å². The highest BCUT2D eigenvalue weighted by Gasteiger charge is 2.22.